The minimum Gasteiger partial charge on any atom is -0.388 e. The van der Waals surface area contributed by atoms with E-state index < -0.39 is 5.60 Å². The summed E-state index contributed by atoms with van der Waals surface area (Å²) in [5.74, 6) is -0.0961. The lowest BCUT2D eigenvalue weighted by Crippen LogP contribution is -2.48. The van der Waals surface area contributed by atoms with E-state index in [2.05, 4.69) is 10.6 Å². The van der Waals surface area contributed by atoms with Gasteiger partial charge in [-0.2, -0.15) is 0 Å². The lowest BCUT2D eigenvalue weighted by atomic mass is 9.90. The van der Waals surface area contributed by atoms with E-state index in [0.29, 0.717) is 13.0 Å². The molecule has 1 rings (SSSR count). The zero-order valence-electron chi connectivity index (χ0n) is 7.39. The van der Waals surface area contributed by atoms with E-state index in [1.165, 1.54) is 0 Å². The summed E-state index contributed by atoms with van der Waals surface area (Å²) in [4.78, 5) is 11.0. The Morgan fingerprint density at radius 2 is 2.50 bits per heavy atom. The average Bonchev–Trinajstić information content (AvgIpc) is 2.05. The molecule has 0 aromatic rings. The van der Waals surface area contributed by atoms with Crippen molar-refractivity contribution >= 4 is 5.91 Å². The summed E-state index contributed by atoms with van der Waals surface area (Å²) in [6.45, 7) is 1.47. The predicted molar refractivity (Wildman–Crippen MR) is 45.7 cm³/mol. The molecule has 0 aliphatic carbocycles. The van der Waals surface area contributed by atoms with E-state index >= 15 is 0 Å². The fourth-order valence-electron chi connectivity index (χ4n) is 1.49. The van der Waals surface area contributed by atoms with Crippen molar-refractivity contribution in [2.75, 3.05) is 20.1 Å². The molecule has 1 aliphatic heterocycles. The van der Waals surface area contributed by atoms with Crippen LogP contribution in [0.5, 0.6) is 0 Å². The third-order valence-corrected chi connectivity index (χ3v) is 2.22. The number of amides is 1. The summed E-state index contributed by atoms with van der Waals surface area (Å²) in [5.41, 5.74) is -0.821. The van der Waals surface area contributed by atoms with Gasteiger partial charge in [0.05, 0.1) is 12.0 Å². The van der Waals surface area contributed by atoms with Crippen LogP contribution < -0.4 is 10.6 Å². The molecule has 1 fully saturated rings. The molecule has 1 saturated heterocycles. The van der Waals surface area contributed by atoms with Gasteiger partial charge < -0.3 is 15.7 Å². The third kappa shape index (κ3) is 2.46. The number of β-amino-alcohol motifs (C(OH)–C–C–N with tert-alkyl or cyclic N) is 1. The SMILES string of the molecule is CNC(=O)C[C@@]1(O)CCCNC1. The van der Waals surface area contributed by atoms with Crippen molar-refractivity contribution < 1.29 is 9.90 Å². The van der Waals surface area contributed by atoms with Crippen LogP contribution in [0.15, 0.2) is 0 Å². The second kappa shape index (κ2) is 3.87. The Bertz CT molecular complexity index is 164. The Hall–Kier alpha value is -0.610. The maximum atomic E-state index is 11.0. The van der Waals surface area contributed by atoms with E-state index in [1.807, 2.05) is 0 Å². The number of carbonyl (C=O) groups is 1. The zero-order chi connectivity index (χ0) is 9.03. The van der Waals surface area contributed by atoms with Gasteiger partial charge in [0.25, 0.3) is 0 Å². The summed E-state index contributed by atoms with van der Waals surface area (Å²) >= 11 is 0. The van der Waals surface area contributed by atoms with Gasteiger partial charge in [-0.05, 0) is 19.4 Å². The smallest absolute Gasteiger partial charge is 0.222 e. The first-order valence-electron chi connectivity index (χ1n) is 4.30. The minimum atomic E-state index is -0.821. The number of carbonyl (C=O) groups excluding carboxylic acids is 1. The Labute approximate surface area is 72.3 Å². The van der Waals surface area contributed by atoms with Crippen LogP contribution in [0.1, 0.15) is 19.3 Å². The number of hydrogen-bond donors (Lipinski definition) is 3. The van der Waals surface area contributed by atoms with E-state index in [0.717, 1.165) is 13.0 Å². The van der Waals surface area contributed by atoms with Crippen molar-refractivity contribution in [2.45, 2.75) is 24.9 Å². The molecule has 0 spiro atoms. The van der Waals surface area contributed by atoms with Crippen molar-refractivity contribution in [3.05, 3.63) is 0 Å². The van der Waals surface area contributed by atoms with Crippen LogP contribution in [0, 0.1) is 0 Å². The van der Waals surface area contributed by atoms with Crippen LogP contribution in [0.4, 0.5) is 0 Å². The van der Waals surface area contributed by atoms with Crippen molar-refractivity contribution in [3.63, 3.8) is 0 Å². The molecule has 70 valence electrons. The highest BCUT2D eigenvalue weighted by Crippen LogP contribution is 2.19. The largest absolute Gasteiger partial charge is 0.388 e. The Kier molecular flexibility index (Phi) is 3.05. The minimum absolute atomic E-state index is 0.0961. The third-order valence-electron chi connectivity index (χ3n) is 2.22. The molecule has 4 nitrogen and oxygen atoms in total. The first-order valence-corrected chi connectivity index (χ1v) is 4.30. The quantitative estimate of drug-likeness (QED) is 0.513. The van der Waals surface area contributed by atoms with Crippen LogP contribution in [0.25, 0.3) is 0 Å². The highest BCUT2D eigenvalue weighted by Gasteiger charge is 2.31. The second-order valence-corrected chi connectivity index (χ2v) is 3.35. The topological polar surface area (TPSA) is 61.4 Å². The molecular weight excluding hydrogens is 156 g/mol. The molecule has 0 saturated carbocycles. The molecule has 4 heteroatoms. The lowest BCUT2D eigenvalue weighted by Gasteiger charge is -2.31. The highest BCUT2D eigenvalue weighted by atomic mass is 16.3. The zero-order valence-corrected chi connectivity index (χ0v) is 7.39. The maximum absolute atomic E-state index is 11.0. The number of rotatable bonds is 2. The molecule has 1 aliphatic rings. The van der Waals surface area contributed by atoms with Gasteiger partial charge in [0.1, 0.15) is 0 Å². The molecule has 0 radical (unpaired) electrons. The monoisotopic (exact) mass is 172 g/mol. The van der Waals surface area contributed by atoms with E-state index in [4.69, 9.17) is 0 Å². The van der Waals surface area contributed by atoms with Gasteiger partial charge in [-0.3, -0.25) is 4.79 Å². The van der Waals surface area contributed by atoms with Gasteiger partial charge in [0.15, 0.2) is 0 Å². The van der Waals surface area contributed by atoms with Gasteiger partial charge >= 0.3 is 0 Å². The summed E-state index contributed by atoms with van der Waals surface area (Å²) in [7, 11) is 1.59. The van der Waals surface area contributed by atoms with Gasteiger partial charge in [0.2, 0.25) is 5.91 Å². The Balaban J connectivity index is 2.41. The van der Waals surface area contributed by atoms with Gasteiger partial charge in [0, 0.05) is 13.6 Å². The predicted octanol–water partition coefficient (Wildman–Crippen LogP) is -0.763. The normalized spacial score (nSPS) is 29.8. The summed E-state index contributed by atoms with van der Waals surface area (Å²) < 4.78 is 0. The van der Waals surface area contributed by atoms with Gasteiger partial charge in [-0.1, -0.05) is 0 Å². The highest BCUT2D eigenvalue weighted by molar-refractivity contribution is 5.76. The summed E-state index contributed by atoms with van der Waals surface area (Å²) in [6.07, 6.45) is 1.86. The van der Waals surface area contributed by atoms with E-state index in [1.54, 1.807) is 7.05 Å². The molecule has 1 atom stereocenters. The van der Waals surface area contributed by atoms with Crippen molar-refractivity contribution in [3.8, 4) is 0 Å². The molecule has 12 heavy (non-hydrogen) atoms. The number of hydrogen-bond acceptors (Lipinski definition) is 3. The van der Waals surface area contributed by atoms with E-state index in [-0.39, 0.29) is 12.3 Å². The summed E-state index contributed by atoms with van der Waals surface area (Å²) in [5, 5.41) is 15.4. The molecule has 3 N–H and O–H groups in total. The first-order chi connectivity index (χ1) is 5.66. The molecule has 1 amide bonds. The molecule has 1 heterocycles. The fourth-order valence-corrected chi connectivity index (χ4v) is 1.49. The average molecular weight is 172 g/mol. The Morgan fingerprint density at radius 1 is 1.75 bits per heavy atom. The number of piperidine rings is 1. The first kappa shape index (κ1) is 9.48. The van der Waals surface area contributed by atoms with E-state index in [9.17, 15) is 9.90 Å². The van der Waals surface area contributed by atoms with Gasteiger partial charge in [-0.15, -0.1) is 0 Å². The second-order valence-electron chi connectivity index (χ2n) is 3.35. The number of aliphatic hydroxyl groups is 1. The lowest BCUT2D eigenvalue weighted by molar-refractivity contribution is -0.126. The van der Waals surface area contributed by atoms with Crippen LogP contribution in [-0.4, -0.2) is 36.8 Å². The van der Waals surface area contributed by atoms with Crippen LogP contribution >= 0.6 is 0 Å². The molecule has 0 aromatic heterocycles. The maximum Gasteiger partial charge on any atom is 0.222 e. The Morgan fingerprint density at radius 3 is 3.00 bits per heavy atom. The molecule has 0 bridgehead atoms. The van der Waals surface area contributed by atoms with Crippen LogP contribution in [0.3, 0.4) is 0 Å². The number of nitrogens with one attached hydrogen (secondary N) is 2. The molecule has 0 unspecified atom stereocenters. The van der Waals surface area contributed by atoms with Crippen molar-refractivity contribution in [1.29, 1.82) is 0 Å². The summed E-state index contributed by atoms with van der Waals surface area (Å²) in [6, 6.07) is 0. The van der Waals surface area contributed by atoms with Gasteiger partial charge in [-0.25, -0.2) is 0 Å². The van der Waals surface area contributed by atoms with Crippen molar-refractivity contribution in [2.24, 2.45) is 0 Å². The standard InChI is InChI=1S/C8H16N2O2/c1-9-7(11)5-8(12)3-2-4-10-6-8/h10,12H,2-6H2,1H3,(H,9,11)/t8-/m0/s1. The van der Waals surface area contributed by atoms with Crippen LogP contribution in [0.2, 0.25) is 0 Å². The van der Waals surface area contributed by atoms with Crippen molar-refractivity contribution in [1.82, 2.24) is 10.6 Å². The van der Waals surface area contributed by atoms with Crippen LogP contribution in [-0.2, 0) is 4.79 Å². The fraction of sp³-hybridized carbons (Fsp3) is 0.875. The molecule has 0 aromatic carbocycles. The molecular formula is C8H16N2O2.